The van der Waals surface area contributed by atoms with Crippen LogP contribution in [0.2, 0.25) is 0 Å². The topological polar surface area (TPSA) is 89.3 Å². The number of hydrogen-bond acceptors (Lipinski definition) is 3. The molecule has 5 heteroatoms. The molecule has 0 aromatic rings. The van der Waals surface area contributed by atoms with E-state index in [9.17, 15) is 4.79 Å². The summed E-state index contributed by atoms with van der Waals surface area (Å²) in [6.07, 6.45) is 2.16. The van der Waals surface area contributed by atoms with Crippen LogP contribution in [-0.2, 0) is 25.9 Å². The summed E-state index contributed by atoms with van der Waals surface area (Å²) < 4.78 is 0. The van der Waals surface area contributed by atoms with E-state index in [0.29, 0.717) is 13.0 Å². The number of carboxylic acid groups (broad SMARTS) is 1. The van der Waals surface area contributed by atoms with E-state index in [0.717, 1.165) is 12.8 Å². The van der Waals surface area contributed by atoms with Crippen molar-refractivity contribution < 1.29 is 31.0 Å². The van der Waals surface area contributed by atoms with Gasteiger partial charge in [-0.05, 0) is 19.4 Å². The Morgan fingerprint density at radius 3 is 2.36 bits per heavy atom. The minimum absolute atomic E-state index is 0. The first-order chi connectivity index (χ1) is 4.68. The average Bonchev–Trinajstić information content (AvgIpc) is 1.88. The van der Waals surface area contributed by atoms with Crippen molar-refractivity contribution in [2.45, 2.75) is 25.3 Å². The second-order valence-electron chi connectivity index (χ2n) is 2.23. The molecule has 0 radical (unpaired) electrons. The Kier molecular flexibility index (Phi) is 10.2. The minimum atomic E-state index is -0.933. The quantitative estimate of drug-likeness (QED) is 0.449. The molecule has 0 saturated carbocycles. The third kappa shape index (κ3) is 7.98. The Hall–Kier alpha value is 0.0783. The molecule has 0 unspecified atom stereocenters. The van der Waals surface area contributed by atoms with Crippen molar-refractivity contribution in [1.82, 2.24) is 0 Å². The molecule has 0 spiro atoms. The van der Waals surface area contributed by atoms with Crippen molar-refractivity contribution in [1.29, 1.82) is 0 Å². The van der Waals surface area contributed by atoms with Gasteiger partial charge in [0, 0.05) is 21.1 Å². The first-order valence-corrected chi connectivity index (χ1v) is 3.37. The fourth-order valence-electron chi connectivity index (χ4n) is 0.632. The maximum Gasteiger partial charge on any atom is 0.320 e. The van der Waals surface area contributed by atoms with Gasteiger partial charge in [-0.25, -0.2) is 0 Å². The molecule has 0 heterocycles. The summed E-state index contributed by atoms with van der Waals surface area (Å²) in [5.41, 5.74) is 10.4. The maximum atomic E-state index is 10.1. The predicted molar refractivity (Wildman–Crippen MR) is 38.5 cm³/mol. The number of rotatable bonds is 5. The summed E-state index contributed by atoms with van der Waals surface area (Å²) in [6, 6.07) is -0.716. The molecule has 0 aromatic heterocycles. The van der Waals surface area contributed by atoms with E-state index < -0.39 is 12.0 Å². The molecule has 0 amide bonds. The van der Waals surface area contributed by atoms with E-state index in [4.69, 9.17) is 16.6 Å². The summed E-state index contributed by atoms with van der Waals surface area (Å²) in [5, 5.41) is 8.33. The van der Waals surface area contributed by atoms with Gasteiger partial charge in [0.25, 0.3) is 0 Å². The van der Waals surface area contributed by atoms with Crippen LogP contribution >= 0.6 is 0 Å². The van der Waals surface area contributed by atoms with E-state index in [2.05, 4.69) is 0 Å². The number of hydrogen-bond donors (Lipinski definition) is 3. The third-order valence-electron chi connectivity index (χ3n) is 1.29. The van der Waals surface area contributed by atoms with Gasteiger partial charge < -0.3 is 16.6 Å². The molecule has 11 heavy (non-hydrogen) atoms. The molecule has 4 nitrogen and oxygen atoms in total. The van der Waals surface area contributed by atoms with Crippen LogP contribution in [-0.4, -0.2) is 23.7 Å². The van der Waals surface area contributed by atoms with Crippen LogP contribution in [0, 0.1) is 0 Å². The van der Waals surface area contributed by atoms with E-state index >= 15 is 0 Å². The molecule has 66 valence electrons. The molecule has 0 aliphatic rings. The van der Waals surface area contributed by atoms with Crippen LogP contribution in [0.1, 0.15) is 19.3 Å². The van der Waals surface area contributed by atoms with Crippen LogP contribution in [0.25, 0.3) is 0 Å². The molecule has 0 aromatic carbocycles. The van der Waals surface area contributed by atoms with Crippen LogP contribution in [0.5, 0.6) is 0 Å². The number of nitrogens with two attached hydrogens (primary N) is 2. The fraction of sp³-hybridized carbons (Fsp3) is 0.833. The smallest absolute Gasteiger partial charge is 0.320 e. The van der Waals surface area contributed by atoms with Gasteiger partial charge in [-0.15, -0.1) is 0 Å². The van der Waals surface area contributed by atoms with Crippen molar-refractivity contribution >= 4 is 5.97 Å². The molecule has 0 saturated heterocycles. The molecular weight excluding hydrogens is 228 g/mol. The van der Waals surface area contributed by atoms with Gasteiger partial charge in [0.1, 0.15) is 6.04 Å². The Balaban J connectivity index is 0. The SMILES string of the molecule is NCCCC[C@H](N)C(=O)O.[Mo]. The zero-order valence-corrected chi connectivity index (χ0v) is 8.33. The second-order valence-corrected chi connectivity index (χ2v) is 2.23. The number of carbonyl (C=O) groups is 1. The maximum absolute atomic E-state index is 10.1. The van der Waals surface area contributed by atoms with E-state index in [1.165, 1.54) is 0 Å². The molecule has 0 rings (SSSR count). The van der Waals surface area contributed by atoms with Crippen molar-refractivity contribution in [2.24, 2.45) is 11.5 Å². The Morgan fingerprint density at radius 2 is 2.00 bits per heavy atom. The van der Waals surface area contributed by atoms with Gasteiger partial charge in [-0.2, -0.15) is 0 Å². The summed E-state index contributed by atoms with van der Waals surface area (Å²) in [6.45, 7) is 0.604. The zero-order chi connectivity index (χ0) is 7.98. The first kappa shape index (κ1) is 13.7. The molecule has 0 aliphatic carbocycles. The minimum Gasteiger partial charge on any atom is -0.480 e. The van der Waals surface area contributed by atoms with Gasteiger partial charge in [0.2, 0.25) is 0 Å². The van der Waals surface area contributed by atoms with Crippen molar-refractivity contribution in [3.63, 3.8) is 0 Å². The monoisotopic (exact) mass is 244 g/mol. The largest absolute Gasteiger partial charge is 0.480 e. The van der Waals surface area contributed by atoms with Gasteiger partial charge >= 0.3 is 5.97 Å². The Bertz CT molecular complexity index is 111. The second kappa shape index (κ2) is 8.18. The summed E-state index contributed by atoms with van der Waals surface area (Å²) in [5.74, 6) is -0.933. The fourth-order valence-corrected chi connectivity index (χ4v) is 0.632. The normalized spacial score (nSPS) is 11.8. The molecule has 5 N–H and O–H groups in total. The molecule has 1 atom stereocenters. The van der Waals surface area contributed by atoms with Crippen molar-refractivity contribution in [2.75, 3.05) is 6.54 Å². The van der Waals surface area contributed by atoms with E-state index in [1.807, 2.05) is 0 Å². The third-order valence-corrected chi connectivity index (χ3v) is 1.29. The zero-order valence-electron chi connectivity index (χ0n) is 6.32. The Morgan fingerprint density at radius 1 is 1.45 bits per heavy atom. The van der Waals surface area contributed by atoms with Crippen LogP contribution in [0.4, 0.5) is 0 Å². The summed E-state index contributed by atoms with van der Waals surface area (Å²) in [7, 11) is 0. The molecular formula is C6H14MoN2O2. The standard InChI is InChI=1S/C6H14N2O2.Mo/c7-4-2-1-3-5(8)6(9)10;/h5H,1-4,7-8H2,(H,9,10);/t5-;/m0./s1. The Labute approximate surface area is 80.6 Å². The van der Waals surface area contributed by atoms with Gasteiger partial charge in [0.05, 0.1) is 0 Å². The van der Waals surface area contributed by atoms with E-state index in [-0.39, 0.29) is 21.1 Å². The van der Waals surface area contributed by atoms with Gasteiger partial charge in [-0.1, -0.05) is 6.42 Å². The molecule has 0 aliphatic heterocycles. The van der Waals surface area contributed by atoms with Crippen LogP contribution in [0.3, 0.4) is 0 Å². The van der Waals surface area contributed by atoms with E-state index in [1.54, 1.807) is 0 Å². The predicted octanol–water partition coefficient (Wildman–Crippen LogP) is -0.475. The summed E-state index contributed by atoms with van der Waals surface area (Å²) in [4.78, 5) is 10.1. The van der Waals surface area contributed by atoms with Crippen LogP contribution < -0.4 is 11.5 Å². The van der Waals surface area contributed by atoms with Crippen LogP contribution in [0.15, 0.2) is 0 Å². The van der Waals surface area contributed by atoms with Gasteiger partial charge in [-0.3, -0.25) is 4.79 Å². The number of carboxylic acids is 1. The molecule has 0 bridgehead atoms. The average molecular weight is 242 g/mol. The first-order valence-electron chi connectivity index (χ1n) is 3.37. The van der Waals surface area contributed by atoms with Crippen molar-refractivity contribution in [3.05, 3.63) is 0 Å². The van der Waals surface area contributed by atoms with Gasteiger partial charge in [0.15, 0.2) is 0 Å². The summed E-state index contributed by atoms with van der Waals surface area (Å²) >= 11 is 0. The number of aliphatic carboxylic acids is 1. The van der Waals surface area contributed by atoms with Crippen molar-refractivity contribution in [3.8, 4) is 0 Å². The molecule has 0 fully saturated rings. The number of unbranched alkanes of at least 4 members (excludes halogenated alkanes) is 1.